The van der Waals surface area contributed by atoms with Crippen molar-refractivity contribution in [1.82, 2.24) is 0 Å². The number of anilines is 1. The lowest BCUT2D eigenvalue weighted by Gasteiger charge is -2.17. The molecule has 1 aromatic carbocycles. The highest BCUT2D eigenvalue weighted by molar-refractivity contribution is 8.00. The zero-order chi connectivity index (χ0) is 17.1. The Balaban J connectivity index is 1.69. The van der Waals surface area contributed by atoms with Crippen molar-refractivity contribution in [3.8, 4) is 6.07 Å². The number of amides is 1. The molecule has 0 radical (unpaired) electrons. The number of nitriles is 1. The van der Waals surface area contributed by atoms with Gasteiger partial charge in [-0.15, -0.1) is 23.1 Å². The minimum Gasteiger partial charge on any atom is -0.316 e. The van der Waals surface area contributed by atoms with Gasteiger partial charge < -0.3 is 5.32 Å². The van der Waals surface area contributed by atoms with Crippen molar-refractivity contribution >= 4 is 34.0 Å². The van der Waals surface area contributed by atoms with Crippen LogP contribution in [-0.2, 0) is 17.6 Å². The van der Waals surface area contributed by atoms with Gasteiger partial charge in [0.2, 0.25) is 5.91 Å². The fraction of sp³-hybridized carbons (Fsp3) is 0.333. The van der Waals surface area contributed by atoms with E-state index in [-0.39, 0.29) is 17.5 Å². The third-order valence-electron chi connectivity index (χ3n) is 4.07. The molecule has 1 amide bonds. The number of thioether (sulfide) groups is 1. The van der Waals surface area contributed by atoms with Crippen LogP contribution in [0.15, 0.2) is 29.2 Å². The summed E-state index contributed by atoms with van der Waals surface area (Å²) >= 11 is 2.66. The van der Waals surface area contributed by atoms with E-state index in [1.807, 2.05) is 0 Å². The number of nitrogens with zero attached hydrogens (tertiary/aromatic N) is 1. The third-order valence-corrected chi connectivity index (χ3v) is 6.29. The predicted octanol–water partition coefficient (Wildman–Crippen LogP) is 4.61. The number of hydrogen-bond donors (Lipinski definition) is 1. The van der Waals surface area contributed by atoms with Crippen LogP contribution in [0.5, 0.6) is 0 Å². The van der Waals surface area contributed by atoms with E-state index in [2.05, 4.69) is 18.3 Å². The van der Waals surface area contributed by atoms with Gasteiger partial charge in [0.1, 0.15) is 16.9 Å². The summed E-state index contributed by atoms with van der Waals surface area (Å²) in [7, 11) is 0. The molecule has 0 bridgehead atoms. The molecular formula is C18H17FN2OS2. The second-order valence-corrected chi connectivity index (χ2v) is 8.06. The topological polar surface area (TPSA) is 52.9 Å². The Kier molecular flexibility index (Phi) is 5.22. The minimum atomic E-state index is -0.325. The van der Waals surface area contributed by atoms with Crippen molar-refractivity contribution < 1.29 is 9.18 Å². The fourth-order valence-corrected chi connectivity index (χ4v) is 4.94. The van der Waals surface area contributed by atoms with Gasteiger partial charge in [-0.1, -0.05) is 19.1 Å². The lowest BCUT2D eigenvalue weighted by atomic mass is 9.89. The molecule has 124 valence electrons. The Hall–Kier alpha value is -1.84. The second kappa shape index (κ2) is 7.37. The Morgan fingerprint density at radius 2 is 2.29 bits per heavy atom. The fourth-order valence-electron chi connectivity index (χ4n) is 2.82. The predicted molar refractivity (Wildman–Crippen MR) is 96.0 cm³/mol. The molecule has 1 heterocycles. The van der Waals surface area contributed by atoms with E-state index in [0.717, 1.165) is 36.6 Å². The number of carbonyl (C=O) groups excluding carboxylic acids is 1. The molecule has 6 heteroatoms. The SMILES string of the molecule is C[C@@H]1CCc2c(sc(NC(=O)CSc3ccccc3F)c2C#N)C1. The average molecular weight is 360 g/mol. The highest BCUT2D eigenvalue weighted by Gasteiger charge is 2.24. The van der Waals surface area contributed by atoms with E-state index in [1.165, 1.54) is 22.3 Å². The van der Waals surface area contributed by atoms with Gasteiger partial charge in [-0.2, -0.15) is 5.26 Å². The number of halogens is 1. The van der Waals surface area contributed by atoms with Gasteiger partial charge in [-0.05, 0) is 42.9 Å². The number of carbonyl (C=O) groups is 1. The van der Waals surface area contributed by atoms with E-state index < -0.39 is 0 Å². The summed E-state index contributed by atoms with van der Waals surface area (Å²) < 4.78 is 13.6. The van der Waals surface area contributed by atoms with Crippen LogP contribution in [0.1, 0.15) is 29.3 Å². The van der Waals surface area contributed by atoms with Crippen molar-refractivity contribution in [2.45, 2.75) is 31.1 Å². The Labute approximate surface area is 148 Å². The summed E-state index contributed by atoms with van der Waals surface area (Å²) in [5.74, 6) is 0.188. The second-order valence-electron chi connectivity index (χ2n) is 5.93. The first-order valence-corrected chi connectivity index (χ1v) is 9.60. The van der Waals surface area contributed by atoms with Crippen molar-refractivity contribution in [2.75, 3.05) is 11.1 Å². The van der Waals surface area contributed by atoms with E-state index in [1.54, 1.807) is 18.2 Å². The van der Waals surface area contributed by atoms with Crippen molar-refractivity contribution in [3.63, 3.8) is 0 Å². The van der Waals surface area contributed by atoms with Crippen LogP contribution in [0.3, 0.4) is 0 Å². The first-order valence-electron chi connectivity index (χ1n) is 7.80. The van der Waals surface area contributed by atoms with Gasteiger partial charge in [-0.25, -0.2) is 4.39 Å². The van der Waals surface area contributed by atoms with Gasteiger partial charge >= 0.3 is 0 Å². The maximum atomic E-state index is 13.6. The average Bonchev–Trinajstić information content (AvgIpc) is 2.90. The lowest BCUT2D eigenvalue weighted by Crippen LogP contribution is -2.14. The number of nitrogens with one attached hydrogen (secondary N) is 1. The molecule has 0 aliphatic heterocycles. The normalized spacial score (nSPS) is 16.3. The quantitative estimate of drug-likeness (QED) is 0.810. The Morgan fingerprint density at radius 1 is 1.50 bits per heavy atom. The van der Waals surface area contributed by atoms with Crippen molar-refractivity contribution in [3.05, 3.63) is 46.1 Å². The molecule has 3 rings (SSSR count). The number of benzene rings is 1. The Bertz CT molecular complexity index is 810. The van der Waals surface area contributed by atoms with Crippen LogP contribution in [0, 0.1) is 23.1 Å². The van der Waals surface area contributed by atoms with Crippen LogP contribution in [-0.4, -0.2) is 11.7 Å². The molecule has 3 nitrogen and oxygen atoms in total. The van der Waals surface area contributed by atoms with Crippen LogP contribution in [0.2, 0.25) is 0 Å². The van der Waals surface area contributed by atoms with Gasteiger partial charge in [0.25, 0.3) is 0 Å². The van der Waals surface area contributed by atoms with Crippen LogP contribution >= 0.6 is 23.1 Å². The molecule has 2 aromatic rings. The molecule has 0 fully saturated rings. The molecule has 1 atom stereocenters. The number of rotatable bonds is 4. The summed E-state index contributed by atoms with van der Waals surface area (Å²) in [6.45, 7) is 2.21. The summed E-state index contributed by atoms with van der Waals surface area (Å²) in [5, 5.41) is 12.9. The summed E-state index contributed by atoms with van der Waals surface area (Å²) in [6.07, 6.45) is 2.94. The minimum absolute atomic E-state index is 0.116. The molecule has 1 aliphatic rings. The number of fused-ring (bicyclic) bond motifs is 1. The molecule has 0 saturated heterocycles. The molecule has 24 heavy (non-hydrogen) atoms. The Morgan fingerprint density at radius 3 is 3.04 bits per heavy atom. The van der Waals surface area contributed by atoms with E-state index in [9.17, 15) is 14.4 Å². The highest BCUT2D eigenvalue weighted by atomic mass is 32.2. The van der Waals surface area contributed by atoms with E-state index in [0.29, 0.717) is 21.4 Å². The number of thiophene rings is 1. The van der Waals surface area contributed by atoms with Crippen LogP contribution in [0.4, 0.5) is 9.39 Å². The first-order chi connectivity index (χ1) is 11.6. The molecule has 1 aliphatic carbocycles. The highest BCUT2D eigenvalue weighted by Crippen LogP contribution is 2.39. The summed E-state index contributed by atoms with van der Waals surface area (Å²) in [6, 6.07) is 8.63. The maximum absolute atomic E-state index is 13.6. The summed E-state index contributed by atoms with van der Waals surface area (Å²) in [5.41, 5.74) is 1.70. The van der Waals surface area contributed by atoms with Crippen LogP contribution in [0.25, 0.3) is 0 Å². The molecule has 0 saturated carbocycles. The van der Waals surface area contributed by atoms with Crippen molar-refractivity contribution in [2.24, 2.45) is 5.92 Å². The molecule has 0 unspecified atom stereocenters. The van der Waals surface area contributed by atoms with Crippen molar-refractivity contribution in [1.29, 1.82) is 5.26 Å². The monoisotopic (exact) mass is 360 g/mol. The molecule has 0 spiro atoms. The standard InChI is InChI=1S/C18H17FN2OS2/c1-11-6-7-12-13(9-20)18(24-16(12)8-11)21-17(22)10-23-15-5-3-2-4-14(15)19/h2-5,11H,6-8,10H2,1H3,(H,21,22)/t11-/m1/s1. The molecular weight excluding hydrogens is 343 g/mol. The maximum Gasteiger partial charge on any atom is 0.235 e. The van der Waals surface area contributed by atoms with Gasteiger partial charge in [0, 0.05) is 9.77 Å². The van der Waals surface area contributed by atoms with E-state index in [4.69, 9.17) is 0 Å². The molecule has 1 aromatic heterocycles. The third kappa shape index (κ3) is 3.63. The van der Waals surface area contributed by atoms with Crippen LogP contribution < -0.4 is 5.32 Å². The largest absolute Gasteiger partial charge is 0.316 e. The van der Waals surface area contributed by atoms with Gasteiger partial charge in [0.15, 0.2) is 0 Å². The summed E-state index contributed by atoms with van der Waals surface area (Å²) in [4.78, 5) is 13.8. The zero-order valence-corrected chi connectivity index (χ0v) is 14.9. The van der Waals surface area contributed by atoms with E-state index >= 15 is 0 Å². The first kappa shape index (κ1) is 17.0. The molecule has 1 N–H and O–H groups in total. The number of hydrogen-bond acceptors (Lipinski definition) is 4. The zero-order valence-electron chi connectivity index (χ0n) is 13.3. The van der Waals surface area contributed by atoms with Gasteiger partial charge in [-0.3, -0.25) is 4.79 Å². The smallest absolute Gasteiger partial charge is 0.235 e. The van der Waals surface area contributed by atoms with Gasteiger partial charge in [0.05, 0.1) is 11.3 Å². The lowest BCUT2D eigenvalue weighted by molar-refractivity contribution is -0.113.